The van der Waals surface area contributed by atoms with E-state index in [0.717, 1.165) is 35.6 Å². The van der Waals surface area contributed by atoms with Crippen LogP contribution in [0.3, 0.4) is 0 Å². The maximum absolute atomic E-state index is 10.5. The van der Waals surface area contributed by atoms with Crippen LogP contribution in [0.2, 0.25) is 0 Å². The third-order valence-electron chi connectivity index (χ3n) is 3.59. The van der Waals surface area contributed by atoms with Crippen molar-refractivity contribution in [2.45, 2.75) is 44.8 Å². The van der Waals surface area contributed by atoms with Crippen LogP contribution in [-0.4, -0.2) is 17.3 Å². The number of aliphatic hydroxyl groups is 1. The van der Waals surface area contributed by atoms with Crippen molar-refractivity contribution in [3.05, 3.63) is 21.9 Å². The van der Waals surface area contributed by atoms with Gasteiger partial charge in [0.15, 0.2) is 0 Å². The molecule has 0 radical (unpaired) electrons. The molecule has 98 valence electrons. The highest BCUT2D eigenvalue weighted by Crippen LogP contribution is 2.31. The summed E-state index contributed by atoms with van der Waals surface area (Å²) in [5, 5.41) is 22.5. The third-order valence-corrected chi connectivity index (χ3v) is 4.58. The highest BCUT2D eigenvalue weighted by Gasteiger charge is 2.31. The molecular formula is C14H20N2OS. The van der Waals surface area contributed by atoms with Crippen LogP contribution in [0, 0.1) is 17.2 Å². The number of nitriles is 1. The van der Waals surface area contributed by atoms with Gasteiger partial charge >= 0.3 is 0 Å². The molecule has 2 N–H and O–H groups in total. The highest BCUT2D eigenvalue weighted by atomic mass is 32.1. The first-order valence-corrected chi connectivity index (χ1v) is 7.35. The average Bonchev–Trinajstić information content (AvgIpc) is 2.76. The fourth-order valence-corrected chi connectivity index (χ4v) is 3.52. The molecular weight excluding hydrogens is 244 g/mol. The van der Waals surface area contributed by atoms with E-state index in [-0.39, 0.29) is 0 Å². The molecule has 1 heterocycles. The van der Waals surface area contributed by atoms with E-state index in [1.54, 1.807) is 0 Å². The Balaban J connectivity index is 1.79. The summed E-state index contributed by atoms with van der Waals surface area (Å²) in [5.41, 5.74) is -0.535. The molecule has 2 atom stereocenters. The van der Waals surface area contributed by atoms with Crippen LogP contribution >= 0.6 is 11.3 Å². The summed E-state index contributed by atoms with van der Waals surface area (Å²) in [6.07, 6.45) is 4.15. The van der Waals surface area contributed by atoms with Crippen molar-refractivity contribution in [1.82, 2.24) is 5.32 Å². The Morgan fingerprint density at radius 1 is 1.61 bits per heavy atom. The minimum atomic E-state index is -0.535. The molecule has 1 saturated carbocycles. The molecule has 1 aromatic heterocycles. The van der Waals surface area contributed by atoms with Crippen LogP contribution in [0.1, 0.15) is 42.4 Å². The molecule has 0 spiro atoms. The summed E-state index contributed by atoms with van der Waals surface area (Å²) in [7, 11) is 0. The van der Waals surface area contributed by atoms with Gasteiger partial charge in [-0.2, -0.15) is 5.26 Å². The number of thiophene rings is 1. The summed E-state index contributed by atoms with van der Waals surface area (Å²) in [5.74, 6) is 0.623. The Kier molecular flexibility index (Phi) is 4.39. The molecule has 0 aromatic carbocycles. The molecule has 1 aromatic rings. The predicted molar refractivity (Wildman–Crippen MR) is 73.3 cm³/mol. The largest absolute Gasteiger partial charge is 0.389 e. The molecule has 0 aliphatic heterocycles. The zero-order valence-electron chi connectivity index (χ0n) is 10.8. The van der Waals surface area contributed by atoms with Crippen molar-refractivity contribution < 1.29 is 5.11 Å². The van der Waals surface area contributed by atoms with Crippen LogP contribution in [-0.2, 0) is 6.54 Å². The first-order valence-electron chi connectivity index (χ1n) is 6.53. The predicted octanol–water partition coefficient (Wildman–Crippen LogP) is 2.65. The molecule has 4 heteroatoms. The quantitative estimate of drug-likeness (QED) is 0.879. The van der Waals surface area contributed by atoms with Crippen molar-refractivity contribution in [2.75, 3.05) is 6.54 Å². The molecule has 2 unspecified atom stereocenters. The van der Waals surface area contributed by atoms with E-state index in [9.17, 15) is 5.11 Å². The standard InChI is InChI=1S/C14H20N2OS/c1-11-3-2-6-14(17,7-11)10-16-9-13-5-4-12(8-15)18-13/h4-5,11,16-17H,2-3,6-7,9-10H2,1H3. The van der Waals surface area contributed by atoms with Crippen LogP contribution in [0.4, 0.5) is 0 Å². The van der Waals surface area contributed by atoms with Gasteiger partial charge in [-0.3, -0.25) is 0 Å². The number of nitrogens with zero attached hydrogens (tertiary/aromatic N) is 1. The normalized spacial score (nSPS) is 27.9. The SMILES string of the molecule is CC1CCCC(O)(CNCc2ccc(C#N)s2)C1. The monoisotopic (exact) mass is 264 g/mol. The maximum atomic E-state index is 10.5. The van der Waals surface area contributed by atoms with Gasteiger partial charge in [-0.05, 0) is 30.9 Å². The number of hydrogen-bond donors (Lipinski definition) is 2. The lowest BCUT2D eigenvalue weighted by Crippen LogP contribution is -2.43. The lowest BCUT2D eigenvalue weighted by Gasteiger charge is -2.35. The fraction of sp³-hybridized carbons (Fsp3) is 0.643. The number of rotatable bonds is 4. The first-order chi connectivity index (χ1) is 8.61. The van der Waals surface area contributed by atoms with E-state index in [0.29, 0.717) is 12.5 Å². The summed E-state index contributed by atoms with van der Waals surface area (Å²) in [6, 6.07) is 5.96. The van der Waals surface area contributed by atoms with Crippen LogP contribution in [0.15, 0.2) is 12.1 Å². The van der Waals surface area contributed by atoms with Crippen molar-refractivity contribution in [3.8, 4) is 6.07 Å². The second kappa shape index (κ2) is 5.83. The maximum Gasteiger partial charge on any atom is 0.110 e. The summed E-state index contributed by atoms with van der Waals surface area (Å²) >= 11 is 1.51. The Hall–Kier alpha value is -0.890. The molecule has 2 rings (SSSR count). The smallest absolute Gasteiger partial charge is 0.110 e. The molecule has 0 saturated heterocycles. The van der Waals surface area contributed by atoms with Crippen molar-refractivity contribution in [3.63, 3.8) is 0 Å². The van der Waals surface area contributed by atoms with Gasteiger partial charge < -0.3 is 10.4 Å². The second-order valence-electron chi connectivity index (χ2n) is 5.41. The lowest BCUT2D eigenvalue weighted by molar-refractivity contribution is -0.0118. The van der Waals surface area contributed by atoms with E-state index in [4.69, 9.17) is 5.26 Å². The van der Waals surface area contributed by atoms with E-state index in [1.165, 1.54) is 17.8 Å². The van der Waals surface area contributed by atoms with Gasteiger partial charge in [-0.1, -0.05) is 19.8 Å². The summed E-state index contributed by atoms with van der Waals surface area (Å²) in [6.45, 7) is 3.60. The molecule has 1 fully saturated rings. The third kappa shape index (κ3) is 3.55. The Morgan fingerprint density at radius 2 is 2.44 bits per heavy atom. The average molecular weight is 264 g/mol. The van der Waals surface area contributed by atoms with Gasteiger partial charge in [0.05, 0.1) is 5.60 Å². The molecule has 0 bridgehead atoms. The Morgan fingerprint density at radius 3 is 3.11 bits per heavy atom. The summed E-state index contributed by atoms with van der Waals surface area (Å²) in [4.78, 5) is 1.90. The molecule has 18 heavy (non-hydrogen) atoms. The molecule has 1 aliphatic carbocycles. The second-order valence-corrected chi connectivity index (χ2v) is 6.58. The number of nitrogens with one attached hydrogen (secondary N) is 1. The van der Waals surface area contributed by atoms with Gasteiger partial charge in [0, 0.05) is 18.0 Å². The first kappa shape index (κ1) is 13.5. The Labute approximate surface area is 112 Å². The van der Waals surface area contributed by atoms with E-state index >= 15 is 0 Å². The van der Waals surface area contributed by atoms with Crippen molar-refractivity contribution in [1.29, 1.82) is 5.26 Å². The zero-order valence-corrected chi connectivity index (χ0v) is 11.6. The molecule has 0 amide bonds. The van der Waals surface area contributed by atoms with E-state index < -0.39 is 5.60 Å². The topological polar surface area (TPSA) is 56.0 Å². The number of hydrogen-bond acceptors (Lipinski definition) is 4. The lowest BCUT2D eigenvalue weighted by atomic mass is 9.79. The Bertz CT molecular complexity index is 437. The van der Waals surface area contributed by atoms with Gasteiger partial charge in [0.1, 0.15) is 10.9 Å². The van der Waals surface area contributed by atoms with Crippen LogP contribution in [0.5, 0.6) is 0 Å². The van der Waals surface area contributed by atoms with Gasteiger partial charge in [-0.15, -0.1) is 11.3 Å². The minimum absolute atomic E-state index is 0.535. The van der Waals surface area contributed by atoms with Crippen LogP contribution in [0.25, 0.3) is 0 Å². The molecule has 1 aliphatic rings. The van der Waals surface area contributed by atoms with Crippen LogP contribution < -0.4 is 5.32 Å². The van der Waals surface area contributed by atoms with E-state index in [2.05, 4.69) is 18.3 Å². The fourth-order valence-electron chi connectivity index (χ4n) is 2.74. The van der Waals surface area contributed by atoms with Crippen molar-refractivity contribution >= 4 is 11.3 Å². The highest BCUT2D eigenvalue weighted by molar-refractivity contribution is 7.12. The van der Waals surface area contributed by atoms with Gasteiger partial charge in [0.2, 0.25) is 0 Å². The van der Waals surface area contributed by atoms with Crippen molar-refractivity contribution in [2.24, 2.45) is 5.92 Å². The zero-order chi connectivity index (χ0) is 13.0. The van der Waals surface area contributed by atoms with E-state index in [1.807, 2.05) is 12.1 Å². The minimum Gasteiger partial charge on any atom is -0.389 e. The van der Waals surface area contributed by atoms with Gasteiger partial charge in [-0.25, -0.2) is 0 Å². The molecule has 3 nitrogen and oxygen atoms in total. The summed E-state index contributed by atoms with van der Waals surface area (Å²) < 4.78 is 0. The van der Waals surface area contributed by atoms with Gasteiger partial charge in [0.25, 0.3) is 0 Å².